The summed E-state index contributed by atoms with van der Waals surface area (Å²) in [5.41, 5.74) is 3.12. The number of halogens is 1. The Bertz CT molecular complexity index is 860. The first kappa shape index (κ1) is 22.7. The molecule has 2 N–H and O–H groups in total. The quantitative estimate of drug-likeness (QED) is 0.662. The van der Waals surface area contributed by atoms with E-state index in [0.29, 0.717) is 31.5 Å². The van der Waals surface area contributed by atoms with Gasteiger partial charge in [0.15, 0.2) is 0 Å². The normalized spacial score (nSPS) is 18.0. The van der Waals surface area contributed by atoms with E-state index in [0.717, 1.165) is 63.1 Å². The van der Waals surface area contributed by atoms with Crippen LogP contribution in [0.2, 0.25) is 0 Å². The maximum Gasteiger partial charge on any atom is 0.224 e. The molecule has 172 valence electrons. The number of amides is 1. The van der Waals surface area contributed by atoms with Gasteiger partial charge in [-0.3, -0.25) is 4.79 Å². The highest BCUT2D eigenvalue weighted by molar-refractivity contribution is 5.78. The molecule has 2 aromatic rings. The molecule has 0 saturated carbocycles. The molecular weight excluding hydrogens is 405 g/mol. The van der Waals surface area contributed by atoms with Crippen LogP contribution in [0.15, 0.2) is 48.5 Å². The van der Waals surface area contributed by atoms with Crippen molar-refractivity contribution in [3.8, 4) is 0 Å². The van der Waals surface area contributed by atoms with Crippen LogP contribution in [0.3, 0.4) is 0 Å². The van der Waals surface area contributed by atoms with Crippen molar-refractivity contribution in [2.45, 2.75) is 50.6 Å². The van der Waals surface area contributed by atoms with E-state index in [-0.39, 0.29) is 11.7 Å². The molecule has 5 nitrogen and oxygen atoms in total. The van der Waals surface area contributed by atoms with Crippen LogP contribution in [0.25, 0.3) is 0 Å². The highest BCUT2D eigenvalue weighted by atomic mass is 19.1. The SMILES string of the molecule is O=C(Cc1ccc(N2CCC(NC3CCOCC3)CC2)cc1)NCCc1cccc(F)c1. The predicted molar refractivity (Wildman–Crippen MR) is 125 cm³/mol. The minimum absolute atomic E-state index is 0.00541. The molecule has 0 unspecified atom stereocenters. The van der Waals surface area contributed by atoms with Crippen molar-refractivity contribution >= 4 is 11.6 Å². The van der Waals surface area contributed by atoms with E-state index in [1.54, 1.807) is 6.07 Å². The largest absolute Gasteiger partial charge is 0.381 e. The summed E-state index contributed by atoms with van der Waals surface area (Å²) in [6.45, 7) is 4.39. The lowest BCUT2D eigenvalue weighted by atomic mass is 10.0. The number of ether oxygens (including phenoxy) is 1. The van der Waals surface area contributed by atoms with Crippen LogP contribution in [0.4, 0.5) is 10.1 Å². The van der Waals surface area contributed by atoms with Gasteiger partial charge in [-0.2, -0.15) is 0 Å². The highest BCUT2D eigenvalue weighted by Gasteiger charge is 2.23. The number of rotatable bonds is 8. The summed E-state index contributed by atoms with van der Waals surface area (Å²) < 4.78 is 18.7. The monoisotopic (exact) mass is 439 g/mol. The Labute approximate surface area is 190 Å². The van der Waals surface area contributed by atoms with E-state index in [1.165, 1.54) is 17.8 Å². The number of carbonyl (C=O) groups is 1. The molecule has 2 saturated heterocycles. The Balaban J connectivity index is 1.17. The molecule has 6 heteroatoms. The van der Waals surface area contributed by atoms with Gasteiger partial charge in [-0.25, -0.2) is 4.39 Å². The first-order valence-electron chi connectivity index (χ1n) is 11.8. The maximum atomic E-state index is 13.2. The maximum absolute atomic E-state index is 13.2. The summed E-state index contributed by atoms with van der Waals surface area (Å²) in [4.78, 5) is 14.7. The van der Waals surface area contributed by atoms with Gasteiger partial charge >= 0.3 is 0 Å². The Morgan fingerprint density at radius 3 is 2.41 bits per heavy atom. The van der Waals surface area contributed by atoms with Crippen molar-refractivity contribution in [3.63, 3.8) is 0 Å². The third kappa shape index (κ3) is 6.78. The standard InChI is InChI=1S/C26H34FN3O2/c27-22-3-1-2-20(18-22)8-13-28-26(31)19-21-4-6-25(7-5-21)30-14-9-23(10-15-30)29-24-11-16-32-17-12-24/h1-7,18,23-24,29H,8-17,19H2,(H,28,31). The summed E-state index contributed by atoms with van der Waals surface area (Å²) in [7, 11) is 0. The molecule has 4 rings (SSSR count). The molecule has 0 radical (unpaired) electrons. The van der Waals surface area contributed by atoms with E-state index < -0.39 is 0 Å². The predicted octanol–water partition coefficient (Wildman–Crippen LogP) is 3.46. The van der Waals surface area contributed by atoms with Crippen LogP contribution >= 0.6 is 0 Å². The van der Waals surface area contributed by atoms with E-state index in [2.05, 4.69) is 27.7 Å². The molecule has 2 fully saturated rings. The van der Waals surface area contributed by atoms with Gasteiger partial charge in [-0.1, -0.05) is 24.3 Å². The molecule has 2 heterocycles. The zero-order chi connectivity index (χ0) is 22.2. The lowest BCUT2D eigenvalue weighted by Crippen LogP contribution is -2.47. The van der Waals surface area contributed by atoms with Crippen LogP contribution in [0.5, 0.6) is 0 Å². The zero-order valence-electron chi connectivity index (χ0n) is 18.7. The Kier molecular flexibility index (Phi) is 8.13. The van der Waals surface area contributed by atoms with E-state index in [9.17, 15) is 9.18 Å². The second-order valence-electron chi connectivity index (χ2n) is 8.89. The van der Waals surface area contributed by atoms with Crippen molar-refractivity contribution in [1.29, 1.82) is 0 Å². The average Bonchev–Trinajstić information content (AvgIpc) is 2.81. The number of nitrogens with zero attached hydrogens (tertiary/aromatic N) is 1. The minimum atomic E-state index is -0.242. The number of nitrogens with one attached hydrogen (secondary N) is 2. The Morgan fingerprint density at radius 1 is 0.969 bits per heavy atom. The molecule has 32 heavy (non-hydrogen) atoms. The van der Waals surface area contributed by atoms with Crippen LogP contribution < -0.4 is 15.5 Å². The third-order valence-corrected chi connectivity index (χ3v) is 6.48. The molecule has 2 aromatic carbocycles. The van der Waals surface area contributed by atoms with E-state index in [1.807, 2.05) is 18.2 Å². The number of carbonyl (C=O) groups excluding carboxylic acids is 1. The van der Waals surface area contributed by atoms with Gasteiger partial charge in [0.2, 0.25) is 5.91 Å². The van der Waals surface area contributed by atoms with Gasteiger partial charge in [0.05, 0.1) is 6.42 Å². The van der Waals surface area contributed by atoms with Crippen LogP contribution in [-0.2, 0) is 22.4 Å². The van der Waals surface area contributed by atoms with E-state index in [4.69, 9.17) is 4.74 Å². The van der Waals surface area contributed by atoms with Crippen molar-refractivity contribution in [2.24, 2.45) is 0 Å². The van der Waals surface area contributed by atoms with Crippen molar-refractivity contribution in [3.05, 3.63) is 65.5 Å². The van der Waals surface area contributed by atoms with Crippen molar-refractivity contribution < 1.29 is 13.9 Å². The number of anilines is 1. The molecule has 0 atom stereocenters. The van der Waals surface area contributed by atoms with Gasteiger partial charge in [0.1, 0.15) is 5.82 Å². The minimum Gasteiger partial charge on any atom is -0.381 e. The van der Waals surface area contributed by atoms with Gasteiger partial charge in [0.25, 0.3) is 0 Å². The summed E-state index contributed by atoms with van der Waals surface area (Å²) in [6, 6.07) is 16.1. The zero-order valence-corrected chi connectivity index (χ0v) is 18.7. The van der Waals surface area contributed by atoms with Crippen LogP contribution in [0, 0.1) is 5.82 Å². The average molecular weight is 440 g/mol. The molecule has 1 amide bonds. The summed E-state index contributed by atoms with van der Waals surface area (Å²) >= 11 is 0. The summed E-state index contributed by atoms with van der Waals surface area (Å²) in [5, 5.41) is 6.75. The molecule has 0 spiro atoms. The number of benzene rings is 2. The first-order valence-corrected chi connectivity index (χ1v) is 11.8. The number of piperidine rings is 1. The van der Waals surface area contributed by atoms with Crippen molar-refractivity contribution in [1.82, 2.24) is 10.6 Å². The Hall–Kier alpha value is -2.44. The van der Waals surface area contributed by atoms with E-state index >= 15 is 0 Å². The summed E-state index contributed by atoms with van der Waals surface area (Å²) in [6.07, 6.45) is 5.56. The molecule has 0 bridgehead atoms. The second kappa shape index (κ2) is 11.4. The third-order valence-electron chi connectivity index (χ3n) is 6.48. The van der Waals surface area contributed by atoms with Gasteiger partial charge in [-0.05, 0) is 67.5 Å². The Morgan fingerprint density at radius 2 is 1.69 bits per heavy atom. The smallest absolute Gasteiger partial charge is 0.224 e. The van der Waals surface area contributed by atoms with Gasteiger partial charge < -0.3 is 20.3 Å². The van der Waals surface area contributed by atoms with Gasteiger partial charge in [-0.15, -0.1) is 0 Å². The molecule has 2 aliphatic heterocycles. The second-order valence-corrected chi connectivity index (χ2v) is 8.89. The molecule has 0 aromatic heterocycles. The fraction of sp³-hybridized carbons (Fsp3) is 0.500. The van der Waals surface area contributed by atoms with Crippen LogP contribution in [-0.4, -0.2) is 50.8 Å². The molecule has 2 aliphatic rings. The fourth-order valence-electron chi connectivity index (χ4n) is 4.61. The fourth-order valence-corrected chi connectivity index (χ4v) is 4.61. The number of hydrogen-bond donors (Lipinski definition) is 2. The lowest BCUT2D eigenvalue weighted by molar-refractivity contribution is -0.120. The topological polar surface area (TPSA) is 53.6 Å². The highest BCUT2D eigenvalue weighted by Crippen LogP contribution is 2.22. The van der Waals surface area contributed by atoms with Gasteiger partial charge in [0, 0.05) is 50.6 Å². The molecule has 0 aliphatic carbocycles. The summed E-state index contributed by atoms with van der Waals surface area (Å²) in [5.74, 6) is -0.247. The van der Waals surface area contributed by atoms with Crippen LogP contribution in [0.1, 0.15) is 36.8 Å². The molecular formula is C26H34FN3O2. The number of hydrogen-bond acceptors (Lipinski definition) is 4. The lowest BCUT2D eigenvalue weighted by Gasteiger charge is -2.36. The van der Waals surface area contributed by atoms with Crippen molar-refractivity contribution in [2.75, 3.05) is 37.7 Å². The first-order chi connectivity index (χ1) is 15.7.